The zero-order valence-electron chi connectivity index (χ0n) is 27.3. The van der Waals surface area contributed by atoms with E-state index in [2.05, 4.69) is 170 Å². The van der Waals surface area contributed by atoms with Gasteiger partial charge in [0, 0.05) is 21.9 Å². The summed E-state index contributed by atoms with van der Waals surface area (Å²) in [4.78, 5) is 0. The molecule has 10 aromatic rings. The van der Waals surface area contributed by atoms with E-state index in [4.69, 9.17) is 4.42 Å². The maximum absolute atomic E-state index is 6.89. The Morgan fingerprint density at radius 1 is 0.360 bits per heavy atom. The van der Waals surface area contributed by atoms with Crippen LogP contribution in [0.1, 0.15) is 11.1 Å². The molecule has 0 bridgehead atoms. The van der Waals surface area contributed by atoms with Gasteiger partial charge in [-0.05, 0) is 108 Å². The van der Waals surface area contributed by atoms with Crippen molar-refractivity contribution in [2.24, 2.45) is 0 Å². The van der Waals surface area contributed by atoms with Gasteiger partial charge in [0.05, 0.1) is 0 Å². The molecule has 50 heavy (non-hydrogen) atoms. The van der Waals surface area contributed by atoms with Gasteiger partial charge in [0.25, 0.3) is 0 Å². The predicted molar refractivity (Wildman–Crippen MR) is 211 cm³/mol. The summed E-state index contributed by atoms with van der Waals surface area (Å²) in [6.07, 6.45) is 0.920. The summed E-state index contributed by atoms with van der Waals surface area (Å²) in [5.41, 5.74) is 14.6. The van der Waals surface area contributed by atoms with Crippen LogP contribution in [0.5, 0.6) is 0 Å². The summed E-state index contributed by atoms with van der Waals surface area (Å²) in [5.74, 6) is 0. The van der Waals surface area contributed by atoms with E-state index >= 15 is 0 Å². The summed E-state index contributed by atoms with van der Waals surface area (Å²) in [6.45, 7) is 0. The van der Waals surface area contributed by atoms with Crippen molar-refractivity contribution in [2.45, 2.75) is 6.42 Å². The Balaban J connectivity index is 1.21. The highest BCUT2D eigenvalue weighted by Crippen LogP contribution is 2.51. The van der Waals surface area contributed by atoms with Gasteiger partial charge >= 0.3 is 0 Å². The molecule has 0 amide bonds. The molecule has 1 aliphatic carbocycles. The minimum Gasteiger partial charge on any atom is -0.455 e. The molecule has 0 fully saturated rings. The van der Waals surface area contributed by atoms with Crippen LogP contribution in [0, 0.1) is 0 Å². The molecule has 0 aliphatic heterocycles. The third kappa shape index (κ3) is 3.95. The van der Waals surface area contributed by atoms with Gasteiger partial charge in [-0.3, -0.25) is 0 Å². The zero-order chi connectivity index (χ0) is 32.8. The van der Waals surface area contributed by atoms with Gasteiger partial charge < -0.3 is 4.42 Å². The Labute approximate surface area is 289 Å². The van der Waals surface area contributed by atoms with E-state index in [-0.39, 0.29) is 0 Å². The summed E-state index contributed by atoms with van der Waals surface area (Å²) < 4.78 is 6.89. The Morgan fingerprint density at radius 2 is 0.980 bits per heavy atom. The number of benzene rings is 9. The average Bonchev–Trinajstić information content (AvgIpc) is 3.75. The molecule has 1 heterocycles. The Morgan fingerprint density at radius 3 is 1.78 bits per heavy atom. The van der Waals surface area contributed by atoms with Gasteiger partial charge in [-0.1, -0.05) is 146 Å². The predicted octanol–water partition coefficient (Wildman–Crippen LogP) is 13.6. The first-order valence-electron chi connectivity index (χ1n) is 17.4. The van der Waals surface area contributed by atoms with Crippen molar-refractivity contribution >= 4 is 54.3 Å². The van der Waals surface area contributed by atoms with Crippen LogP contribution in [0.25, 0.3) is 98.8 Å². The fourth-order valence-electron chi connectivity index (χ4n) is 8.66. The van der Waals surface area contributed by atoms with E-state index in [1.807, 2.05) is 0 Å². The third-order valence-electron chi connectivity index (χ3n) is 10.8. The summed E-state index contributed by atoms with van der Waals surface area (Å²) in [5, 5.41) is 9.85. The van der Waals surface area contributed by atoms with Gasteiger partial charge in [0.1, 0.15) is 11.2 Å². The van der Waals surface area contributed by atoms with E-state index in [0.717, 1.165) is 23.2 Å². The molecule has 1 nitrogen and oxygen atoms in total. The first-order valence-corrected chi connectivity index (χ1v) is 17.4. The van der Waals surface area contributed by atoms with E-state index in [0.29, 0.717) is 0 Å². The summed E-state index contributed by atoms with van der Waals surface area (Å²) in [6, 6.07) is 62.1. The van der Waals surface area contributed by atoms with Crippen LogP contribution in [-0.2, 0) is 6.42 Å². The number of rotatable bonds is 3. The van der Waals surface area contributed by atoms with Crippen molar-refractivity contribution in [3.8, 4) is 44.5 Å². The quantitative estimate of drug-likeness (QED) is 0.176. The van der Waals surface area contributed by atoms with Crippen molar-refractivity contribution < 1.29 is 4.42 Å². The largest absolute Gasteiger partial charge is 0.455 e. The molecule has 0 saturated carbocycles. The van der Waals surface area contributed by atoms with Gasteiger partial charge in [-0.15, -0.1) is 0 Å². The molecule has 9 aromatic carbocycles. The monoisotopic (exact) mass is 634 g/mol. The Kier molecular flexibility index (Phi) is 5.79. The van der Waals surface area contributed by atoms with Crippen LogP contribution in [0.3, 0.4) is 0 Å². The number of hydrogen-bond donors (Lipinski definition) is 0. The molecule has 1 heteroatoms. The van der Waals surface area contributed by atoms with E-state index in [1.165, 1.54) is 93.2 Å². The smallest absolute Gasteiger partial charge is 0.143 e. The summed E-state index contributed by atoms with van der Waals surface area (Å²) in [7, 11) is 0. The molecule has 0 radical (unpaired) electrons. The minimum absolute atomic E-state index is 0.920. The highest BCUT2D eigenvalue weighted by atomic mass is 16.3. The topological polar surface area (TPSA) is 13.1 Å². The Bertz CT molecular complexity index is 2960. The van der Waals surface area contributed by atoms with Crippen LogP contribution in [0.2, 0.25) is 0 Å². The van der Waals surface area contributed by atoms with Crippen molar-refractivity contribution in [2.75, 3.05) is 0 Å². The second-order valence-electron chi connectivity index (χ2n) is 13.6. The molecule has 0 saturated heterocycles. The molecule has 1 aliphatic rings. The highest BCUT2D eigenvalue weighted by molar-refractivity contribution is 6.26. The first kappa shape index (κ1) is 27.5. The maximum Gasteiger partial charge on any atom is 0.143 e. The highest BCUT2D eigenvalue weighted by Gasteiger charge is 2.28. The molecule has 0 atom stereocenters. The molecular formula is C49H30O. The van der Waals surface area contributed by atoms with Crippen molar-refractivity contribution in [3.05, 3.63) is 181 Å². The second kappa shape index (κ2) is 10.5. The van der Waals surface area contributed by atoms with Crippen molar-refractivity contribution in [1.82, 2.24) is 0 Å². The lowest BCUT2D eigenvalue weighted by Crippen LogP contribution is -1.93. The SMILES string of the molecule is c1cc(-c2ccc3ccccc3c2)cc(-c2c3ccccc3c(-c3cc4c(c5c3oc3ccccc35)-c3ccccc3C4)c3ccccc23)c1. The number of furan rings is 1. The summed E-state index contributed by atoms with van der Waals surface area (Å²) >= 11 is 0. The lowest BCUT2D eigenvalue weighted by molar-refractivity contribution is 0.670. The standard InChI is InChI=1S/C49H30O/c1-2-13-31-26-33(25-24-30(31)12-1)32-15-11-16-35(27-32)45-38-18-5-7-20-40(38)47(41-21-8-6-19-39(41)45)43-29-36-28-34-14-3-4-17-37(34)46(36)48-42-22-9-10-23-44(42)50-49(43)48/h1-27,29H,28H2. The minimum atomic E-state index is 0.920. The fraction of sp³-hybridized carbons (Fsp3) is 0.0204. The second-order valence-corrected chi connectivity index (χ2v) is 13.6. The molecular weight excluding hydrogens is 605 g/mol. The molecule has 1 aromatic heterocycles. The molecule has 0 unspecified atom stereocenters. The molecule has 11 rings (SSSR count). The number of hydrogen-bond acceptors (Lipinski definition) is 1. The molecule has 232 valence electrons. The fourth-order valence-corrected chi connectivity index (χ4v) is 8.66. The van der Waals surface area contributed by atoms with Gasteiger partial charge in [-0.2, -0.15) is 0 Å². The normalized spacial score (nSPS) is 12.3. The lowest BCUT2D eigenvalue weighted by atomic mass is 9.84. The number of para-hydroxylation sites is 1. The van der Waals surface area contributed by atoms with Gasteiger partial charge in [-0.25, -0.2) is 0 Å². The molecule has 0 spiro atoms. The molecule has 0 N–H and O–H groups in total. The zero-order valence-corrected chi connectivity index (χ0v) is 27.3. The van der Waals surface area contributed by atoms with E-state index in [1.54, 1.807) is 0 Å². The van der Waals surface area contributed by atoms with Crippen LogP contribution in [0.4, 0.5) is 0 Å². The van der Waals surface area contributed by atoms with Gasteiger partial charge in [0.2, 0.25) is 0 Å². The van der Waals surface area contributed by atoms with E-state index in [9.17, 15) is 0 Å². The third-order valence-corrected chi connectivity index (χ3v) is 10.8. The van der Waals surface area contributed by atoms with Crippen molar-refractivity contribution in [1.29, 1.82) is 0 Å². The number of fused-ring (bicyclic) bond motifs is 10. The van der Waals surface area contributed by atoms with Crippen molar-refractivity contribution in [3.63, 3.8) is 0 Å². The van der Waals surface area contributed by atoms with Crippen LogP contribution in [0.15, 0.2) is 174 Å². The van der Waals surface area contributed by atoms with E-state index < -0.39 is 0 Å². The maximum atomic E-state index is 6.89. The first-order chi connectivity index (χ1) is 24.8. The van der Waals surface area contributed by atoms with Gasteiger partial charge in [0.15, 0.2) is 0 Å². The lowest BCUT2D eigenvalue weighted by Gasteiger charge is -2.19. The van der Waals surface area contributed by atoms with Crippen LogP contribution < -0.4 is 0 Å². The Hall–Kier alpha value is -6.44. The van der Waals surface area contributed by atoms with Crippen LogP contribution >= 0.6 is 0 Å². The average molecular weight is 635 g/mol. The van der Waals surface area contributed by atoms with Crippen LogP contribution in [-0.4, -0.2) is 0 Å².